The number of halogens is 1. The Labute approximate surface area is 155 Å². The van der Waals surface area contributed by atoms with Crippen LogP contribution in [0.4, 0.5) is 5.82 Å². The van der Waals surface area contributed by atoms with Gasteiger partial charge in [-0.05, 0) is 47.0 Å². The van der Waals surface area contributed by atoms with Crippen molar-refractivity contribution in [2.45, 2.75) is 6.54 Å². The number of nitrogens with one attached hydrogen (secondary N) is 2. The molecule has 0 aliphatic rings. The van der Waals surface area contributed by atoms with Crippen LogP contribution in [0.3, 0.4) is 0 Å². The number of nitrogens with zero attached hydrogens (tertiary/aromatic N) is 3. The van der Waals surface area contributed by atoms with E-state index in [4.69, 9.17) is 16.3 Å². The Morgan fingerprint density at radius 1 is 1.08 bits per heavy atom. The molecule has 3 aromatic heterocycles. The maximum absolute atomic E-state index is 6.16. The van der Waals surface area contributed by atoms with Crippen molar-refractivity contribution in [3.8, 4) is 16.9 Å². The number of ether oxygens (including phenoxy) is 1. The molecule has 4 rings (SSSR count). The van der Waals surface area contributed by atoms with Crippen LogP contribution in [0.1, 0.15) is 5.56 Å². The van der Waals surface area contributed by atoms with Crippen LogP contribution in [-0.2, 0) is 6.54 Å². The van der Waals surface area contributed by atoms with Gasteiger partial charge >= 0.3 is 0 Å². The number of aromatic amines is 1. The topological polar surface area (TPSA) is 75.7 Å². The van der Waals surface area contributed by atoms with E-state index in [1.807, 2.05) is 42.6 Å². The molecule has 4 aromatic rings. The van der Waals surface area contributed by atoms with E-state index in [1.54, 1.807) is 19.5 Å². The van der Waals surface area contributed by atoms with Gasteiger partial charge in [-0.1, -0.05) is 12.1 Å². The van der Waals surface area contributed by atoms with E-state index in [0.29, 0.717) is 12.4 Å². The smallest absolute Gasteiger partial charge is 0.225 e. The normalized spacial score (nSPS) is 10.8. The molecule has 7 heteroatoms. The molecule has 0 amide bonds. The molecule has 0 radical (unpaired) electrons. The number of anilines is 1. The molecule has 0 spiro atoms. The molecule has 0 bridgehead atoms. The van der Waals surface area contributed by atoms with Crippen molar-refractivity contribution in [1.82, 2.24) is 19.9 Å². The van der Waals surface area contributed by atoms with Crippen molar-refractivity contribution in [3.05, 3.63) is 65.8 Å². The average molecular weight is 366 g/mol. The minimum atomic E-state index is 0.199. The van der Waals surface area contributed by atoms with Crippen LogP contribution in [-0.4, -0.2) is 27.0 Å². The Morgan fingerprint density at radius 3 is 2.58 bits per heavy atom. The molecule has 130 valence electrons. The maximum atomic E-state index is 6.16. The Kier molecular flexibility index (Phi) is 4.41. The van der Waals surface area contributed by atoms with Crippen LogP contribution < -0.4 is 10.1 Å². The summed E-state index contributed by atoms with van der Waals surface area (Å²) in [6.45, 7) is 0.607. The standard InChI is InChI=1S/C19H16ClN5O/c1-26-14-4-2-12(3-5-14)10-23-18-17-16(24-19(20)25-18)15(11-22-17)13-6-8-21-9-7-13/h2-9,11,22H,10H2,1H3,(H,23,24,25). The number of hydrogen-bond acceptors (Lipinski definition) is 5. The second kappa shape index (κ2) is 7.01. The highest BCUT2D eigenvalue weighted by atomic mass is 35.5. The van der Waals surface area contributed by atoms with Crippen LogP contribution in [0.5, 0.6) is 5.75 Å². The van der Waals surface area contributed by atoms with Gasteiger partial charge in [-0.25, -0.2) is 4.98 Å². The fourth-order valence-electron chi connectivity index (χ4n) is 2.79. The van der Waals surface area contributed by atoms with E-state index in [2.05, 4.69) is 25.3 Å². The fraction of sp³-hybridized carbons (Fsp3) is 0.105. The first-order valence-electron chi connectivity index (χ1n) is 8.06. The summed E-state index contributed by atoms with van der Waals surface area (Å²) in [5, 5.41) is 3.53. The summed E-state index contributed by atoms with van der Waals surface area (Å²) in [6, 6.07) is 11.7. The third-order valence-electron chi connectivity index (χ3n) is 4.11. The third-order valence-corrected chi connectivity index (χ3v) is 4.28. The van der Waals surface area contributed by atoms with Crippen LogP contribution >= 0.6 is 11.6 Å². The summed E-state index contributed by atoms with van der Waals surface area (Å²) in [4.78, 5) is 16.0. The highest BCUT2D eigenvalue weighted by molar-refractivity contribution is 6.29. The van der Waals surface area contributed by atoms with Gasteiger partial charge in [0.15, 0.2) is 5.82 Å². The molecule has 26 heavy (non-hydrogen) atoms. The quantitative estimate of drug-likeness (QED) is 0.516. The molecule has 0 atom stereocenters. The van der Waals surface area contributed by atoms with E-state index in [9.17, 15) is 0 Å². The zero-order valence-electron chi connectivity index (χ0n) is 14.0. The third kappa shape index (κ3) is 3.19. The van der Waals surface area contributed by atoms with Gasteiger partial charge in [0.1, 0.15) is 16.8 Å². The molecule has 0 fully saturated rings. The number of pyridine rings is 1. The molecule has 6 nitrogen and oxygen atoms in total. The highest BCUT2D eigenvalue weighted by Gasteiger charge is 2.13. The van der Waals surface area contributed by atoms with Crippen LogP contribution in [0.2, 0.25) is 5.28 Å². The van der Waals surface area contributed by atoms with Gasteiger partial charge in [-0.2, -0.15) is 4.98 Å². The Morgan fingerprint density at radius 2 is 1.85 bits per heavy atom. The SMILES string of the molecule is COc1ccc(CNc2nc(Cl)nc3c(-c4ccncc4)c[nH]c23)cc1. The minimum absolute atomic E-state index is 0.199. The first-order chi connectivity index (χ1) is 12.7. The summed E-state index contributed by atoms with van der Waals surface area (Å²) in [5.41, 5.74) is 4.67. The van der Waals surface area contributed by atoms with Gasteiger partial charge < -0.3 is 15.0 Å². The zero-order valence-corrected chi connectivity index (χ0v) is 14.8. The zero-order chi connectivity index (χ0) is 17.9. The fourth-order valence-corrected chi connectivity index (χ4v) is 2.96. The summed E-state index contributed by atoms with van der Waals surface area (Å²) in [6.07, 6.45) is 5.41. The summed E-state index contributed by atoms with van der Waals surface area (Å²) in [5.74, 6) is 1.49. The van der Waals surface area contributed by atoms with Gasteiger partial charge in [0.2, 0.25) is 5.28 Å². The molecule has 1 aromatic carbocycles. The number of H-pyrrole nitrogens is 1. The highest BCUT2D eigenvalue weighted by Crippen LogP contribution is 2.31. The van der Waals surface area contributed by atoms with E-state index in [0.717, 1.165) is 33.5 Å². The monoisotopic (exact) mass is 365 g/mol. The number of fused-ring (bicyclic) bond motifs is 1. The molecule has 0 saturated carbocycles. The summed E-state index contributed by atoms with van der Waals surface area (Å²) < 4.78 is 5.18. The number of aromatic nitrogens is 4. The molecular weight excluding hydrogens is 350 g/mol. The van der Waals surface area contributed by atoms with Gasteiger partial charge in [0, 0.05) is 30.7 Å². The van der Waals surface area contributed by atoms with Crippen molar-refractivity contribution < 1.29 is 4.74 Å². The second-order valence-corrected chi connectivity index (χ2v) is 6.04. The molecule has 2 N–H and O–H groups in total. The van der Waals surface area contributed by atoms with Crippen LogP contribution in [0, 0.1) is 0 Å². The first kappa shape index (κ1) is 16.4. The summed E-state index contributed by atoms with van der Waals surface area (Å²) in [7, 11) is 1.65. The van der Waals surface area contributed by atoms with E-state index >= 15 is 0 Å². The molecule has 0 unspecified atom stereocenters. The lowest BCUT2D eigenvalue weighted by Crippen LogP contribution is -2.03. The van der Waals surface area contributed by atoms with Gasteiger partial charge in [-0.3, -0.25) is 4.98 Å². The Bertz CT molecular complexity index is 1030. The molecule has 0 saturated heterocycles. The lowest BCUT2D eigenvalue weighted by Gasteiger charge is -2.08. The Hall–Kier alpha value is -3.12. The second-order valence-electron chi connectivity index (χ2n) is 5.70. The van der Waals surface area contributed by atoms with Crippen LogP contribution in [0.15, 0.2) is 55.0 Å². The van der Waals surface area contributed by atoms with Gasteiger partial charge in [0.05, 0.1) is 7.11 Å². The predicted octanol–water partition coefficient (Wildman–Crippen LogP) is 4.29. The van der Waals surface area contributed by atoms with E-state index in [-0.39, 0.29) is 5.28 Å². The molecule has 0 aliphatic carbocycles. The largest absolute Gasteiger partial charge is 0.497 e. The van der Waals surface area contributed by atoms with Gasteiger partial charge in [-0.15, -0.1) is 0 Å². The molecule has 3 heterocycles. The molecule has 0 aliphatic heterocycles. The maximum Gasteiger partial charge on any atom is 0.225 e. The number of benzene rings is 1. The van der Waals surface area contributed by atoms with Crippen molar-refractivity contribution in [1.29, 1.82) is 0 Å². The Balaban J connectivity index is 1.66. The van der Waals surface area contributed by atoms with Crippen molar-refractivity contribution >= 4 is 28.5 Å². The lowest BCUT2D eigenvalue weighted by molar-refractivity contribution is 0.414. The van der Waals surface area contributed by atoms with Crippen molar-refractivity contribution in [2.75, 3.05) is 12.4 Å². The average Bonchev–Trinajstić information content (AvgIpc) is 3.11. The van der Waals surface area contributed by atoms with E-state index in [1.165, 1.54) is 0 Å². The number of rotatable bonds is 5. The van der Waals surface area contributed by atoms with Crippen molar-refractivity contribution in [2.24, 2.45) is 0 Å². The summed E-state index contributed by atoms with van der Waals surface area (Å²) >= 11 is 6.16. The first-order valence-corrected chi connectivity index (χ1v) is 8.44. The number of hydrogen-bond donors (Lipinski definition) is 2. The van der Waals surface area contributed by atoms with Crippen LogP contribution in [0.25, 0.3) is 22.2 Å². The minimum Gasteiger partial charge on any atom is -0.497 e. The van der Waals surface area contributed by atoms with E-state index < -0.39 is 0 Å². The van der Waals surface area contributed by atoms with Crippen molar-refractivity contribution in [3.63, 3.8) is 0 Å². The number of methoxy groups -OCH3 is 1. The lowest BCUT2D eigenvalue weighted by atomic mass is 10.1. The predicted molar refractivity (Wildman–Crippen MR) is 102 cm³/mol. The molecular formula is C19H16ClN5O. The van der Waals surface area contributed by atoms with Gasteiger partial charge in [0.25, 0.3) is 0 Å².